The number of hydrogen-bond acceptors (Lipinski definition) is 3. The van der Waals surface area contributed by atoms with E-state index < -0.39 is 6.48 Å². The lowest BCUT2D eigenvalue weighted by molar-refractivity contribution is -0.358. The van der Waals surface area contributed by atoms with Gasteiger partial charge in [-0.3, -0.25) is 0 Å². The van der Waals surface area contributed by atoms with Gasteiger partial charge in [-0.2, -0.15) is 0 Å². The quantitative estimate of drug-likeness (QED) is 0.310. The third kappa shape index (κ3) is 7.69. The van der Waals surface area contributed by atoms with Crippen LogP contribution in [-0.4, -0.2) is 24.8 Å². The fraction of sp³-hybridized carbons (Fsp3) is 1.00. The summed E-state index contributed by atoms with van der Waals surface area (Å²) >= 11 is 0. The summed E-state index contributed by atoms with van der Waals surface area (Å²) in [6.07, 6.45) is 11.9. The molecule has 3 fully saturated rings. The molecule has 3 rings (SSSR count). The Morgan fingerprint density at radius 2 is 0.706 bits per heavy atom. The molecule has 9 unspecified atom stereocenters. The molecule has 0 aromatic heterocycles. The van der Waals surface area contributed by atoms with Gasteiger partial charge in [0.2, 0.25) is 0 Å². The van der Waals surface area contributed by atoms with Crippen molar-refractivity contribution in [3.05, 3.63) is 0 Å². The largest absolute Gasteiger partial charge is 0.326 e. The van der Waals surface area contributed by atoms with E-state index in [0.29, 0.717) is 35.5 Å². The lowest BCUT2D eigenvalue weighted by Crippen LogP contribution is -2.46. The average Bonchev–Trinajstić information content (AvgIpc) is 2.73. The predicted octanol–water partition coefficient (Wildman–Crippen LogP) is 8.70. The fourth-order valence-corrected chi connectivity index (χ4v) is 7.34. The molecule has 0 amide bonds. The molecule has 0 N–H and O–H groups in total. The second-order valence-electron chi connectivity index (χ2n) is 13.8. The molecule has 0 heterocycles. The van der Waals surface area contributed by atoms with E-state index in [4.69, 9.17) is 14.2 Å². The summed E-state index contributed by atoms with van der Waals surface area (Å²) in [7, 11) is 0. The zero-order valence-corrected chi connectivity index (χ0v) is 24.1. The maximum absolute atomic E-state index is 6.92. The average molecular weight is 479 g/mol. The van der Waals surface area contributed by atoms with Crippen LogP contribution in [0.2, 0.25) is 0 Å². The first-order chi connectivity index (χ1) is 16.0. The molecule has 3 aliphatic rings. The highest BCUT2D eigenvalue weighted by atomic mass is 16.9. The van der Waals surface area contributed by atoms with Gasteiger partial charge in [-0.15, -0.1) is 0 Å². The van der Waals surface area contributed by atoms with Crippen LogP contribution in [0.4, 0.5) is 0 Å². The summed E-state index contributed by atoms with van der Waals surface area (Å²) in [4.78, 5) is 0. The van der Waals surface area contributed by atoms with Crippen LogP contribution >= 0.6 is 0 Å². The van der Waals surface area contributed by atoms with Crippen molar-refractivity contribution in [3.63, 3.8) is 0 Å². The Morgan fingerprint density at radius 3 is 0.941 bits per heavy atom. The molecular weight excluding hydrogens is 420 g/mol. The molecule has 0 aliphatic heterocycles. The van der Waals surface area contributed by atoms with Crippen molar-refractivity contribution in [2.24, 2.45) is 53.3 Å². The maximum Gasteiger partial charge on any atom is 0.272 e. The second-order valence-corrected chi connectivity index (χ2v) is 13.8. The highest BCUT2D eigenvalue weighted by Crippen LogP contribution is 2.41. The molecule has 0 radical (unpaired) electrons. The fourth-order valence-electron chi connectivity index (χ4n) is 7.34. The van der Waals surface area contributed by atoms with Gasteiger partial charge in [0.15, 0.2) is 0 Å². The van der Waals surface area contributed by atoms with E-state index in [2.05, 4.69) is 62.3 Å². The summed E-state index contributed by atoms with van der Waals surface area (Å²) in [6.45, 7) is 20.8. The van der Waals surface area contributed by atoms with Crippen LogP contribution < -0.4 is 0 Å². The van der Waals surface area contributed by atoms with Crippen LogP contribution in [0.25, 0.3) is 0 Å². The Labute approximate surface area is 212 Å². The lowest BCUT2D eigenvalue weighted by Gasteiger charge is -2.44. The number of hydrogen-bond donors (Lipinski definition) is 0. The van der Waals surface area contributed by atoms with Crippen molar-refractivity contribution >= 4 is 0 Å². The smallest absolute Gasteiger partial charge is 0.272 e. The van der Waals surface area contributed by atoms with Gasteiger partial charge in [0.05, 0.1) is 18.3 Å². The summed E-state index contributed by atoms with van der Waals surface area (Å²) in [5.41, 5.74) is 0. The van der Waals surface area contributed by atoms with Crippen LogP contribution in [0.15, 0.2) is 0 Å². The molecule has 3 saturated carbocycles. The summed E-state index contributed by atoms with van der Waals surface area (Å²) in [5, 5.41) is 0. The lowest BCUT2D eigenvalue weighted by atomic mass is 9.75. The third-order valence-electron chi connectivity index (χ3n) is 9.74. The van der Waals surface area contributed by atoms with Gasteiger partial charge in [-0.05, 0) is 91.8 Å². The molecular formula is C31H58O3. The van der Waals surface area contributed by atoms with Gasteiger partial charge < -0.3 is 14.2 Å². The minimum Gasteiger partial charge on any atom is -0.326 e. The Balaban J connectivity index is 1.81. The standard InChI is InChI=1S/C31H58O3/c1-19(2)25-13-10-22(7)16-28(25)32-31(33-29-17-23(8)11-14-26(29)20(3)4)34-30-18-24(9)12-15-27(30)21(5)6/h19-31H,10-18H2,1-9H3. The Hall–Kier alpha value is -0.120. The van der Waals surface area contributed by atoms with Gasteiger partial charge in [0, 0.05) is 0 Å². The molecule has 3 aliphatic carbocycles. The summed E-state index contributed by atoms with van der Waals surface area (Å²) < 4.78 is 20.8. The van der Waals surface area contributed by atoms with E-state index in [0.717, 1.165) is 37.0 Å². The van der Waals surface area contributed by atoms with Crippen molar-refractivity contribution in [3.8, 4) is 0 Å². The van der Waals surface area contributed by atoms with E-state index in [-0.39, 0.29) is 18.3 Å². The van der Waals surface area contributed by atoms with Gasteiger partial charge in [-0.1, -0.05) is 81.6 Å². The molecule has 0 bridgehead atoms. The van der Waals surface area contributed by atoms with Gasteiger partial charge in [0.1, 0.15) is 0 Å². The van der Waals surface area contributed by atoms with E-state index in [1.807, 2.05) is 0 Å². The number of rotatable bonds is 9. The van der Waals surface area contributed by atoms with Crippen molar-refractivity contribution < 1.29 is 14.2 Å². The second kappa shape index (κ2) is 12.9. The van der Waals surface area contributed by atoms with Gasteiger partial charge in [0.25, 0.3) is 6.48 Å². The first kappa shape index (κ1) is 28.5. The van der Waals surface area contributed by atoms with Crippen LogP contribution in [0, 0.1) is 53.3 Å². The molecule has 200 valence electrons. The topological polar surface area (TPSA) is 27.7 Å². The molecule has 0 saturated heterocycles. The van der Waals surface area contributed by atoms with Crippen LogP contribution in [0.5, 0.6) is 0 Å². The minimum absolute atomic E-state index is 0.241. The van der Waals surface area contributed by atoms with E-state index in [1.54, 1.807) is 0 Å². The van der Waals surface area contributed by atoms with E-state index >= 15 is 0 Å². The highest BCUT2D eigenvalue weighted by Gasteiger charge is 2.40. The molecule has 0 aromatic carbocycles. The molecule has 0 spiro atoms. The first-order valence-electron chi connectivity index (χ1n) is 15.0. The zero-order valence-electron chi connectivity index (χ0n) is 24.1. The van der Waals surface area contributed by atoms with E-state index in [1.165, 1.54) is 38.5 Å². The summed E-state index contributed by atoms with van der Waals surface area (Å²) in [6, 6.07) is 0. The zero-order chi connectivity index (χ0) is 25.0. The molecule has 9 atom stereocenters. The Kier molecular flexibility index (Phi) is 10.8. The van der Waals surface area contributed by atoms with Gasteiger partial charge in [-0.25, -0.2) is 0 Å². The van der Waals surface area contributed by atoms with Crippen LogP contribution in [0.3, 0.4) is 0 Å². The van der Waals surface area contributed by atoms with Crippen LogP contribution in [-0.2, 0) is 14.2 Å². The maximum atomic E-state index is 6.92. The van der Waals surface area contributed by atoms with Gasteiger partial charge >= 0.3 is 0 Å². The predicted molar refractivity (Wildman–Crippen MR) is 142 cm³/mol. The SMILES string of the molecule is CC1CCC(C(C)C)C(OC(OC2CC(C)CCC2C(C)C)OC2CC(C)CCC2C(C)C)C1. The monoisotopic (exact) mass is 478 g/mol. The third-order valence-corrected chi connectivity index (χ3v) is 9.74. The molecule has 3 nitrogen and oxygen atoms in total. The molecule has 3 heteroatoms. The molecule has 34 heavy (non-hydrogen) atoms. The molecule has 0 aromatic rings. The van der Waals surface area contributed by atoms with Crippen molar-refractivity contribution in [2.45, 2.75) is 145 Å². The first-order valence-corrected chi connectivity index (χ1v) is 15.0. The normalized spacial score (nSPS) is 40.8. The van der Waals surface area contributed by atoms with Crippen molar-refractivity contribution in [2.75, 3.05) is 0 Å². The highest BCUT2D eigenvalue weighted by molar-refractivity contribution is 4.85. The summed E-state index contributed by atoms with van der Waals surface area (Å²) in [5.74, 6) is 5.86. The Morgan fingerprint density at radius 1 is 0.441 bits per heavy atom. The van der Waals surface area contributed by atoms with E-state index in [9.17, 15) is 0 Å². The Bertz CT molecular complexity index is 506. The minimum atomic E-state index is -0.523. The van der Waals surface area contributed by atoms with Crippen molar-refractivity contribution in [1.29, 1.82) is 0 Å². The van der Waals surface area contributed by atoms with Crippen molar-refractivity contribution in [1.82, 2.24) is 0 Å². The number of ether oxygens (including phenoxy) is 3. The van der Waals surface area contributed by atoms with Crippen LogP contribution in [0.1, 0.15) is 120 Å².